The molecule has 0 rings (SSSR count). The Hall–Kier alpha value is -1.89. The number of carboxylic acids is 3. The van der Waals surface area contributed by atoms with Gasteiger partial charge in [-0.25, -0.2) is 0 Å². The second kappa shape index (κ2) is 26.5. The first-order valence-corrected chi connectivity index (χ1v) is 17.7. The molecule has 7 nitrogen and oxygen atoms in total. The van der Waals surface area contributed by atoms with Crippen LogP contribution in [-0.4, -0.2) is 58.8 Å². The van der Waals surface area contributed by atoms with Crippen LogP contribution < -0.4 is 5.11 Å². The number of carbonyl (C=O) groups excluding carboxylic acids is 1. The lowest BCUT2D eigenvalue weighted by molar-refractivity contribution is -0.929. The summed E-state index contributed by atoms with van der Waals surface area (Å²) in [7, 11) is 0. The Morgan fingerprint density at radius 3 is 1.28 bits per heavy atom. The van der Waals surface area contributed by atoms with Gasteiger partial charge in [-0.1, -0.05) is 130 Å². The lowest BCUT2D eigenvalue weighted by atomic mass is 10.0. The van der Waals surface area contributed by atoms with Crippen molar-refractivity contribution in [2.24, 2.45) is 17.8 Å². The number of nitrogens with zero attached hydrogens (tertiary/aromatic N) is 1. The summed E-state index contributed by atoms with van der Waals surface area (Å²) in [5.74, 6) is -4.39. The third-order valence-electron chi connectivity index (χ3n) is 9.27. The van der Waals surface area contributed by atoms with Crippen LogP contribution >= 0.6 is 0 Å². The molecular formula is C36H67NO6. The van der Waals surface area contributed by atoms with Gasteiger partial charge < -0.3 is 24.6 Å². The van der Waals surface area contributed by atoms with Crippen LogP contribution in [-0.2, 0) is 14.4 Å². The summed E-state index contributed by atoms with van der Waals surface area (Å²) < 4.78 is 0.538. The van der Waals surface area contributed by atoms with Gasteiger partial charge in [0.2, 0.25) is 0 Å². The first-order valence-electron chi connectivity index (χ1n) is 17.7. The van der Waals surface area contributed by atoms with E-state index in [1.807, 2.05) is 0 Å². The minimum atomic E-state index is -1.08. The van der Waals surface area contributed by atoms with Gasteiger partial charge in [0.05, 0.1) is 38.0 Å². The maximum Gasteiger partial charge on any atom is 0.306 e. The van der Waals surface area contributed by atoms with Crippen molar-refractivity contribution < 1.29 is 34.2 Å². The van der Waals surface area contributed by atoms with Gasteiger partial charge in [-0.05, 0) is 12.8 Å². The van der Waals surface area contributed by atoms with Crippen molar-refractivity contribution in [1.29, 1.82) is 0 Å². The zero-order valence-electron chi connectivity index (χ0n) is 28.3. The molecule has 2 N–H and O–H groups in total. The van der Waals surface area contributed by atoms with E-state index in [1.54, 1.807) is 20.8 Å². The predicted molar refractivity (Wildman–Crippen MR) is 175 cm³/mol. The molecule has 0 saturated heterocycles. The van der Waals surface area contributed by atoms with E-state index in [4.69, 9.17) is 0 Å². The number of hydrogen-bond donors (Lipinski definition) is 2. The van der Waals surface area contributed by atoms with Crippen LogP contribution in [0.25, 0.3) is 0 Å². The van der Waals surface area contributed by atoms with E-state index in [1.165, 1.54) is 96.3 Å². The van der Waals surface area contributed by atoms with E-state index < -0.39 is 35.7 Å². The van der Waals surface area contributed by atoms with E-state index in [9.17, 15) is 29.7 Å². The molecule has 0 aromatic heterocycles. The van der Waals surface area contributed by atoms with Gasteiger partial charge in [0, 0.05) is 37.6 Å². The van der Waals surface area contributed by atoms with Crippen molar-refractivity contribution in [1.82, 2.24) is 0 Å². The monoisotopic (exact) mass is 609 g/mol. The summed E-state index contributed by atoms with van der Waals surface area (Å²) in [4.78, 5) is 34.4. The van der Waals surface area contributed by atoms with Gasteiger partial charge in [-0.2, -0.15) is 0 Å². The molecule has 0 fully saturated rings. The molecule has 3 unspecified atom stereocenters. The molecule has 7 heteroatoms. The zero-order valence-corrected chi connectivity index (χ0v) is 28.3. The van der Waals surface area contributed by atoms with Crippen molar-refractivity contribution in [2.75, 3.05) is 26.2 Å². The molecule has 0 saturated carbocycles. The van der Waals surface area contributed by atoms with Crippen LogP contribution in [0.15, 0.2) is 12.2 Å². The average molecular weight is 610 g/mol. The van der Waals surface area contributed by atoms with E-state index in [0.29, 0.717) is 43.4 Å². The highest BCUT2D eigenvalue weighted by Gasteiger charge is 2.30. The fraction of sp³-hybridized carbons (Fsp3) is 0.861. The molecule has 3 atom stereocenters. The number of rotatable bonds is 31. The summed E-state index contributed by atoms with van der Waals surface area (Å²) >= 11 is 0. The van der Waals surface area contributed by atoms with Crippen molar-refractivity contribution >= 4 is 17.9 Å². The third-order valence-corrected chi connectivity index (χ3v) is 9.27. The fourth-order valence-electron chi connectivity index (χ4n) is 5.66. The topological polar surface area (TPSA) is 115 Å². The quantitative estimate of drug-likeness (QED) is 0.0467. The molecule has 0 heterocycles. The summed E-state index contributed by atoms with van der Waals surface area (Å²) in [6.45, 7) is 9.79. The van der Waals surface area contributed by atoms with Crippen LogP contribution in [0.3, 0.4) is 0 Å². The Balaban J connectivity index is 4.52. The van der Waals surface area contributed by atoms with Crippen molar-refractivity contribution in [3.05, 3.63) is 12.2 Å². The highest BCUT2D eigenvalue weighted by atomic mass is 16.4. The Morgan fingerprint density at radius 1 is 0.558 bits per heavy atom. The largest absolute Gasteiger partial charge is 0.550 e. The maximum absolute atomic E-state index is 11.5. The minimum Gasteiger partial charge on any atom is -0.550 e. The molecule has 0 bridgehead atoms. The SMILES string of the molecule is CCCCCCCCCCCCCCCCC/C=C/CC[N+](CCC(C)C(=O)[O-])(CCC(C)C(=O)O)CCC(C)C(=O)O. The molecule has 43 heavy (non-hydrogen) atoms. The van der Waals surface area contributed by atoms with Crippen LogP contribution in [0.5, 0.6) is 0 Å². The van der Waals surface area contributed by atoms with E-state index in [0.717, 1.165) is 19.4 Å². The molecule has 0 spiro atoms. The van der Waals surface area contributed by atoms with E-state index >= 15 is 0 Å². The van der Waals surface area contributed by atoms with Crippen LogP contribution in [0.1, 0.15) is 156 Å². The molecule has 0 amide bonds. The molecule has 0 radical (unpaired) electrons. The predicted octanol–water partition coefficient (Wildman–Crippen LogP) is 8.01. The fourth-order valence-corrected chi connectivity index (χ4v) is 5.66. The van der Waals surface area contributed by atoms with Gasteiger partial charge >= 0.3 is 11.9 Å². The summed E-state index contributed by atoms with van der Waals surface area (Å²) in [5, 5.41) is 30.2. The van der Waals surface area contributed by atoms with Crippen LogP contribution in [0, 0.1) is 17.8 Å². The molecule has 0 aliphatic rings. The lowest BCUT2D eigenvalue weighted by Crippen LogP contribution is -2.52. The maximum atomic E-state index is 11.5. The van der Waals surface area contributed by atoms with Crippen LogP contribution in [0.4, 0.5) is 0 Å². The highest BCUT2D eigenvalue weighted by molar-refractivity contribution is 5.69. The molecule has 0 aromatic carbocycles. The highest BCUT2D eigenvalue weighted by Crippen LogP contribution is 2.21. The summed E-state index contributed by atoms with van der Waals surface area (Å²) in [5.41, 5.74) is 0. The van der Waals surface area contributed by atoms with Crippen LogP contribution in [0.2, 0.25) is 0 Å². The average Bonchev–Trinajstić information content (AvgIpc) is 2.97. The third kappa shape index (κ3) is 23.2. The van der Waals surface area contributed by atoms with Gasteiger partial charge in [-0.3, -0.25) is 9.59 Å². The number of aliphatic carboxylic acids is 3. The second-order valence-corrected chi connectivity index (χ2v) is 13.3. The number of hydrogen-bond acceptors (Lipinski definition) is 4. The first-order chi connectivity index (χ1) is 20.5. The Kier molecular flexibility index (Phi) is 25.3. The number of quaternary nitrogens is 1. The molecule has 0 aromatic rings. The van der Waals surface area contributed by atoms with E-state index in [-0.39, 0.29) is 0 Å². The minimum absolute atomic E-state index is 0.425. The lowest BCUT2D eigenvalue weighted by Gasteiger charge is -2.40. The Morgan fingerprint density at radius 2 is 0.907 bits per heavy atom. The summed E-state index contributed by atoms with van der Waals surface area (Å²) in [6.07, 6.45) is 28.0. The van der Waals surface area contributed by atoms with Crippen molar-refractivity contribution in [3.8, 4) is 0 Å². The van der Waals surface area contributed by atoms with E-state index in [2.05, 4.69) is 19.1 Å². The van der Waals surface area contributed by atoms with Gasteiger partial charge in [0.25, 0.3) is 0 Å². The van der Waals surface area contributed by atoms with Gasteiger partial charge in [0.1, 0.15) is 0 Å². The van der Waals surface area contributed by atoms with Gasteiger partial charge in [-0.15, -0.1) is 0 Å². The van der Waals surface area contributed by atoms with Gasteiger partial charge in [0.15, 0.2) is 0 Å². The number of allylic oxidation sites excluding steroid dienone is 1. The normalized spacial score (nSPS) is 15.3. The Bertz CT molecular complexity index is 692. The smallest absolute Gasteiger partial charge is 0.306 e. The molecule has 252 valence electrons. The van der Waals surface area contributed by atoms with Crippen molar-refractivity contribution in [3.63, 3.8) is 0 Å². The zero-order chi connectivity index (χ0) is 32.3. The van der Waals surface area contributed by atoms with Crippen molar-refractivity contribution in [2.45, 2.75) is 156 Å². The Labute approximate surface area is 264 Å². The first kappa shape index (κ1) is 41.1. The number of unbranched alkanes of at least 4 members (excludes halogenated alkanes) is 15. The number of carboxylic acid groups (broad SMARTS) is 3. The summed E-state index contributed by atoms with van der Waals surface area (Å²) in [6, 6.07) is 0. The standard InChI is InChI=1S/C36H67NO6/c1-5-6-7-8-9-10-11-12-13-14-15-16-17-18-19-20-21-22-23-27-37(28-24-31(2)34(38)39,29-25-32(3)35(40)41)30-26-33(4)36(42)43/h21-22,31-33H,5-20,23-30H2,1-4H3,(H2-,38,39,40,41,42,43)/b22-21+. The molecule has 0 aliphatic heterocycles. The molecule has 0 aliphatic carbocycles. The second-order valence-electron chi connectivity index (χ2n) is 13.3. The molecular weight excluding hydrogens is 542 g/mol. The number of carbonyl (C=O) groups is 3.